The van der Waals surface area contributed by atoms with Crippen molar-refractivity contribution in [1.82, 2.24) is 10.2 Å². The molecule has 6 heteroatoms. The van der Waals surface area contributed by atoms with Crippen LogP contribution in [-0.4, -0.2) is 35.1 Å². The second-order valence-electron chi connectivity index (χ2n) is 6.64. The van der Waals surface area contributed by atoms with Gasteiger partial charge in [0.15, 0.2) is 0 Å². The van der Waals surface area contributed by atoms with Crippen molar-refractivity contribution in [2.75, 3.05) is 6.54 Å². The van der Waals surface area contributed by atoms with Gasteiger partial charge in [-0.2, -0.15) is 0 Å². The molecule has 1 aromatic carbocycles. The summed E-state index contributed by atoms with van der Waals surface area (Å²) in [7, 11) is 0. The number of rotatable bonds is 3. The largest absolute Gasteiger partial charge is 0.444 e. The molecule has 1 heterocycles. The standard InChI is InChI=1S/C17H23ClN2O3/c1-17(2,3)23-16(22)20-10-6-9-14(20)15(21)19-11-12-7-4-5-8-13(12)18/h4-5,7-8,14H,6,9-11H2,1-3H3,(H,19,21). The van der Waals surface area contributed by atoms with Gasteiger partial charge < -0.3 is 10.1 Å². The van der Waals surface area contributed by atoms with E-state index >= 15 is 0 Å². The Kier molecular flexibility index (Phi) is 5.52. The van der Waals surface area contributed by atoms with Gasteiger partial charge in [0.05, 0.1) is 0 Å². The van der Waals surface area contributed by atoms with Gasteiger partial charge in [-0.3, -0.25) is 9.69 Å². The van der Waals surface area contributed by atoms with E-state index in [1.54, 1.807) is 6.07 Å². The number of halogens is 1. The molecule has 1 atom stereocenters. The van der Waals surface area contributed by atoms with E-state index in [0.717, 1.165) is 12.0 Å². The van der Waals surface area contributed by atoms with E-state index < -0.39 is 17.7 Å². The molecule has 1 aliphatic rings. The predicted molar refractivity (Wildman–Crippen MR) is 89.3 cm³/mol. The Labute approximate surface area is 141 Å². The molecule has 5 nitrogen and oxygen atoms in total. The molecule has 0 bridgehead atoms. The maximum absolute atomic E-state index is 12.4. The van der Waals surface area contributed by atoms with Crippen LogP contribution < -0.4 is 5.32 Å². The average molecular weight is 339 g/mol. The normalized spacial score (nSPS) is 17.9. The van der Waals surface area contributed by atoms with Crippen molar-refractivity contribution in [3.63, 3.8) is 0 Å². The van der Waals surface area contributed by atoms with Gasteiger partial charge in [-0.05, 0) is 45.2 Å². The van der Waals surface area contributed by atoms with Crippen molar-refractivity contribution in [3.8, 4) is 0 Å². The average Bonchev–Trinajstić information content (AvgIpc) is 2.94. The van der Waals surface area contributed by atoms with E-state index in [1.807, 2.05) is 39.0 Å². The van der Waals surface area contributed by atoms with Gasteiger partial charge in [0.2, 0.25) is 5.91 Å². The van der Waals surface area contributed by atoms with Gasteiger partial charge in [-0.25, -0.2) is 4.79 Å². The Balaban J connectivity index is 1.95. The zero-order valence-electron chi connectivity index (χ0n) is 13.8. The van der Waals surface area contributed by atoms with E-state index in [-0.39, 0.29) is 5.91 Å². The molecular formula is C17H23ClN2O3. The van der Waals surface area contributed by atoms with E-state index in [2.05, 4.69) is 5.32 Å². The number of ether oxygens (including phenoxy) is 1. The van der Waals surface area contributed by atoms with Crippen LogP contribution in [0.3, 0.4) is 0 Å². The molecule has 1 unspecified atom stereocenters. The fourth-order valence-electron chi connectivity index (χ4n) is 2.52. The summed E-state index contributed by atoms with van der Waals surface area (Å²) in [6.45, 7) is 6.32. The second kappa shape index (κ2) is 7.21. The van der Waals surface area contributed by atoms with Crippen molar-refractivity contribution in [2.24, 2.45) is 0 Å². The Morgan fingerprint density at radius 2 is 2.04 bits per heavy atom. The van der Waals surface area contributed by atoms with Crippen molar-refractivity contribution in [1.29, 1.82) is 0 Å². The summed E-state index contributed by atoms with van der Waals surface area (Å²) in [5.41, 5.74) is 0.280. The van der Waals surface area contributed by atoms with Crippen LogP contribution in [-0.2, 0) is 16.1 Å². The van der Waals surface area contributed by atoms with Crippen LogP contribution in [0.15, 0.2) is 24.3 Å². The van der Waals surface area contributed by atoms with Gasteiger partial charge >= 0.3 is 6.09 Å². The smallest absolute Gasteiger partial charge is 0.410 e. The highest BCUT2D eigenvalue weighted by molar-refractivity contribution is 6.31. The first-order valence-electron chi connectivity index (χ1n) is 7.78. The van der Waals surface area contributed by atoms with Gasteiger partial charge in [-0.1, -0.05) is 29.8 Å². The summed E-state index contributed by atoms with van der Waals surface area (Å²) in [6, 6.07) is 6.88. The summed E-state index contributed by atoms with van der Waals surface area (Å²) in [5.74, 6) is -0.173. The van der Waals surface area contributed by atoms with Crippen molar-refractivity contribution < 1.29 is 14.3 Å². The lowest BCUT2D eigenvalue weighted by molar-refractivity contribution is -0.125. The van der Waals surface area contributed by atoms with E-state index in [9.17, 15) is 9.59 Å². The topological polar surface area (TPSA) is 58.6 Å². The Hall–Kier alpha value is -1.75. The number of amides is 2. The monoisotopic (exact) mass is 338 g/mol. The third kappa shape index (κ3) is 4.86. The molecule has 1 N–H and O–H groups in total. The van der Waals surface area contributed by atoms with Crippen LogP contribution >= 0.6 is 11.6 Å². The first kappa shape index (κ1) is 17.6. The first-order valence-corrected chi connectivity index (χ1v) is 8.16. The Morgan fingerprint density at radius 3 is 2.70 bits per heavy atom. The van der Waals surface area contributed by atoms with Gasteiger partial charge in [0.25, 0.3) is 0 Å². The van der Waals surface area contributed by atoms with Crippen molar-refractivity contribution >= 4 is 23.6 Å². The van der Waals surface area contributed by atoms with E-state index in [1.165, 1.54) is 4.90 Å². The fraction of sp³-hybridized carbons (Fsp3) is 0.529. The fourth-order valence-corrected chi connectivity index (χ4v) is 2.72. The van der Waals surface area contributed by atoms with E-state index in [4.69, 9.17) is 16.3 Å². The maximum Gasteiger partial charge on any atom is 0.410 e. The first-order chi connectivity index (χ1) is 10.8. The highest BCUT2D eigenvalue weighted by Crippen LogP contribution is 2.21. The predicted octanol–water partition coefficient (Wildman–Crippen LogP) is 3.36. The minimum absolute atomic E-state index is 0.173. The van der Waals surface area contributed by atoms with Crippen LogP contribution in [0.5, 0.6) is 0 Å². The number of carbonyl (C=O) groups excluding carboxylic acids is 2. The molecule has 1 aromatic rings. The third-order valence-electron chi connectivity index (χ3n) is 3.59. The molecule has 0 radical (unpaired) electrons. The molecule has 0 spiro atoms. The van der Waals surface area contributed by atoms with E-state index in [0.29, 0.717) is 24.5 Å². The number of carbonyl (C=O) groups is 2. The highest BCUT2D eigenvalue weighted by atomic mass is 35.5. The number of hydrogen-bond donors (Lipinski definition) is 1. The molecule has 1 saturated heterocycles. The van der Waals surface area contributed by atoms with Crippen LogP contribution in [0.2, 0.25) is 5.02 Å². The number of nitrogens with one attached hydrogen (secondary N) is 1. The number of hydrogen-bond acceptors (Lipinski definition) is 3. The van der Waals surface area contributed by atoms with Crippen molar-refractivity contribution in [3.05, 3.63) is 34.9 Å². The molecular weight excluding hydrogens is 316 g/mol. The number of nitrogens with zero attached hydrogens (tertiary/aromatic N) is 1. The highest BCUT2D eigenvalue weighted by Gasteiger charge is 2.36. The second-order valence-corrected chi connectivity index (χ2v) is 7.05. The zero-order valence-corrected chi connectivity index (χ0v) is 14.5. The Bertz CT molecular complexity index is 583. The SMILES string of the molecule is CC(C)(C)OC(=O)N1CCCC1C(=O)NCc1ccccc1Cl. The summed E-state index contributed by atoms with van der Waals surface area (Å²) in [6.07, 6.45) is 1.00. The van der Waals surface area contributed by atoms with Crippen LogP contribution in [0.4, 0.5) is 4.79 Å². The Morgan fingerprint density at radius 1 is 1.35 bits per heavy atom. The molecule has 0 aromatic heterocycles. The lowest BCUT2D eigenvalue weighted by atomic mass is 10.2. The summed E-state index contributed by atoms with van der Waals surface area (Å²) >= 11 is 6.08. The molecule has 126 valence electrons. The molecule has 2 rings (SSSR count). The quantitative estimate of drug-likeness (QED) is 0.919. The van der Waals surface area contributed by atoms with Crippen molar-refractivity contribution in [2.45, 2.75) is 51.8 Å². The summed E-state index contributed by atoms with van der Waals surface area (Å²) in [4.78, 5) is 26.1. The lowest BCUT2D eigenvalue weighted by Crippen LogP contribution is -2.47. The van der Waals surface area contributed by atoms with Crippen LogP contribution in [0.25, 0.3) is 0 Å². The molecule has 23 heavy (non-hydrogen) atoms. The van der Waals surface area contributed by atoms with Gasteiger partial charge in [0.1, 0.15) is 11.6 Å². The minimum atomic E-state index is -0.571. The molecule has 0 aliphatic carbocycles. The number of likely N-dealkylation sites (tertiary alicyclic amines) is 1. The molecule has 0 saturated carbocycles. The molecule has 2 amide bonds. The van der Waals surface area contributed by atoms with Gasteiger partial charge in [-0.15, -0.1) is 0 Å². The van der Waals surface area contributed by atoms with Crippen LogP contribution in [0, 0.1) is 0 Å². The minimum Gasteiger partial charge on any atom is -0.444 e. The third-order valence-corrected chi connectivity index (χ3v) is 3.96. The lowest BCUT2D eigenvalue weighted by Gasteiger charge is -2.28. The maximum atomic E-state index is 12.4. The van der Waals surface area contributed by atoms with Gasteiger partial charge in [0, 0.05) is 18.1 Å². The molecule has 1 fully saturated rings. The zero-order chi connectivity index (χ0) is 17.0. The molecule has 1 aliphatic heterocycles. The summed E-state index contributed by atoms with van der Waals surface area (Å²) in [5, 5.41) is 3.47. The van der Waals surface area contributed by atoms with Crippen LogP contribution in [0.1, 0.15) is 39.2 Å². The summed E-state index contributed by atoms with van der Waals surface area (Å²) < 4.78 is 5.37. The number of benzene rings is 1.